The van der Waals surface area contributed by atoms with E-state index in [9.17, 15) is 14.6 Å². The Balaban J connectivity index is 1.49. The van der Waals surface area contributed by atoms with Crippen LogP contribution in [-0.2, 0) is 20.9 Å². The minimum absolute atomic E-state index is 0.00866. The fourth-order valence-corrected chi connectivity index (χ4v) is 10.4. The fraction of sp³-hybridized carbons (Fsp3) is 0.667. The van der Waals surface area contributed by atoms with Gasteiger partial charge in [-0.25, -0.2) is 4.39 Å². The molecule has 360 valence electrons. The first-order valence-corrected chi connectivity index (χ1v) is 25.2. The lowest BCUT2D eigenvalue weighted by atomic mass is 9.55. The Hall–Kier alpha value is -3.77. The number of unbranched alkanes of at least 4 members (excludes halogenated alkanes) is 10. The molecule has 0 aromatic heterocycles. The maximum absolute atomic E-state index is 15.1. The van der Waals surface area contributed by atoms with Gasteiger partial charge in [0.15, 0.2) is 0 Å². The maximum Gasteiger partial charge on any atom is 0.239 e. The summed E-state index contributed by atoms with van der Waals surface area (Å²) >= 11 is 0. The molecule has 1 amide bonds. The summed E-state index contributed by atoms with van der Waals surface area (Å²) in [4.78, 5) is 25.7. The summed E-state index contributed by atoms with van der Waals surface area (Å²) in [5, 5.41) is 25.0. The summed E-state index contributed by atoms with van der Waals surface area (Å²) in [6.07, 6.45) is 19.8. The maximum atomic E-state index is 15.1. The van der Waals surface area contributed by atoms with E-state index in [1.807, 2.05) is 37.8 Å². The number of rotatable bonds is 29. The predicted octanol–water partition coefficient (Wildman–Crippen LogP) is 10.9. The Morgan fingerprint density at radius 1 is 0.954 bits per heavy atom. The van der Waals surface area contributed by atoms with E-state index in [2.05, 4.69) is 30.5 Å². The Labute approximate surface area is 389 Å². The SMILES string of the molecule is C=CCO[C@@]12Oc3ccc(OCCN4CC4)cc3[C@H]3[C@H](CCCCO)[C@@H](CCCCO)C=C(C(=NOC(C)(C)C)C[C@@H]1N(Cc1ccc(F)cc1)C(=O)CCCCCCCCCCC)[C@H]32. The monoisotopic (exact) mass is 902 g/mol. The molecule has 1 saturated heterocycles. The summed E-state index contributed by atoms with van der Waals surface area (Å²) in [5.41, 5.74) is 3.02. The van der Waals surface area contributed by atoms with Gasteiger partial charge in [0, 0.05) is 63.7 Å². The lowest BCUT2D eigenvalue weighted by molar-refractivity contribution is -0.258. The summed E-state index contributed by atoms with van der Waals surface area (Å²) in [6.45, 7) is 16.6. The number of oxime groups is 1. The Kier molecular flexibility index (Phi) is 19.4. The number of hydrogen-bond donors (Lipinski definition) is 2. The number of amides is 1. The number of ether oxygens (including phenoxy) is 3. The van der Waals surface area contributed by atoms with Crippen LogP contribution in [0.15, 0.2) is 71.9 Å². The smallest absolute Gasteiger partial charge is 0.239 e. The number of hydrogen-bond acceptors (Lipinski definition) is 9. The van der Waals surface area contributed by atoms with Gasteiger partial charge in [0.2, 0.25) is 11.7 Å². The first-order chi connectivity index (χ1) is 31.5. The summed E-state index contributed by atoms with van der Waals surface area (Å²) in [7, 11) is 0. The molecule has 2 aliphatic heterocycles. The molecule has 1 saturated carbocycles. The fourth-order valence-electron chi connectivity index (χ4n) is 10.4. The lowest BCUT2D eigenvalue weighted by Crippen LogP contribution is -2.70. The van der Waals surface area contributed by atoms with E-state index in [4.69, 9.17) is 24.2 Å². The molecule has 65 heavy (non-hydrogen) atoms. The van der Waals surface area contributed by atoms with Gasteiger partial charge in [-0.1, -0.05) is 101 Å². The minimum atomic E-state index is -1.38. The van der Waals surface area contributed by atoms with Crippen molar-refractivity contribution in [1.29, 1.82) is 0 Å². The van der Waals surface area contributed by atoms with Gasteiger partial charge in [0.25, 0.3) is 0 Å². The van der Waals surface area contributed by atoms with Crippen molar-refractivity contribution < 1.29 is 38.4 Å². The Morgan fingerprint density at radius 3 is 2.31 bits per heavy atom. The van der Waals surface area contributed by atoms with Gasteiger partial charge in [0.05, 0.1) is 18.2 Å². The van der Waals surface area contributed by atoms with Gasteiger partial charge in [-0.05, 0) is 106 Å². The average Bonchev–Trinajstić information content (AvgIpc) is 4.12. The van der Waals surface area contributed by atoms with Crippen molar-refractivity contribution in [2.45, 2.75) is 167 Å². The second kappa shape index (κ2) is 24.8. The molecule has 2 aromatic rings. The molecule has 2 aromatic carbocycles. The molecule has 10 nitrogen and oxygen atoms in total. The van der Waals surface area contributed by atoms with E-state index >= 15 is 4.79 Å². The quantitative estimate of drug-likeness (QED) is 0.0359. The van der Waals surface area contributed by atoms with Crippen LogP contribution in [0, 0.1) is 23.6 Å². The zero-order valence-corrected chi connectivity index (χ0v) is 40.1. The second-order valence-electron chi connectivity index (χ2n) is 19.9. The highest BCUT2D eigenvalue weighted by molar-refractivity contribution is 6.03. The number of fused-ring (bicyclic) bond motifs is 2. The molecule has 2 N–H and O–H groups in total. The van der Waals surface area contributed by atoms with Gasteiger partial charge in [0.1, 0.15) is 35.6 Å². The summed E-state index contributed by atoms with van der Waals surface area (Å²) < 4.78 is 35.5. The van der Waals surface area contributed by atoms with Crippen LogP contribution < -0.4 is 9.47 Å². The van der Waals surface area contributed by atoms with Gasteiger partial charge >= 0.3 is 0 Å². The molecule has 2 aliphatic carbocycles. The second-order valence-corrected chi connectivity index (χ2v) is 19.9. The van der Waals surface area contributed by atoms with Gasteiger partial charge in [-0.2, -0.15) is 0 Å². The highest BCUT2D eigenvalue weighted by Gasteiger charge is 2.65. The summed E-state index contributed by atoms with van der Waals surface area (Å²) in [5.74, 6) is -0.601. The van der Waals surface area contributed by atoms with Crippen molar-refractivity contribution in [3.63, 3.8) is 0 Å². The van der Waals surface area contributed by atoms with Gasteiger partial charge in [-0.15, -0.1) is 6.58 Å². The number of benzene rings is 2. The predicted molar refractivity (Wildman–Crippen MR) is 257 cm³/mol. The topological polar surface area (TPSA) is 113 Å². The number of carbonyl (C=O) groups is 1. The highest BCUT2D eigenvalue weighted by Crippen LogP contribution is 2.62. The molecular formula is C54H80FN3O7. The van der Waals surface area contributed by atoms with E-state index in [1.165, 1.54) is 50.7 Å². The van der Waals surface area contributed by atoms with Gasteiger partial charge in [-0.3, -0.25) is 9.69 Å². The zero-order chi connectivity index (χ0) is 46.2. The molecular weight excluding hydrogens is 822 g/mol. The van der Waals surface area contributed by atoms with Crippen molar-refractivity contribution in [1.82, 2.24) is 9.80 Å². The largest absolute Gasteiger partial charge is 0.492 e. The van der Waals surface area contributed by atoms with Crippen LogP contribution in [0.3, 0.4) is 0 Å². The van der Waals surface area contributed by atoms with Crippen molar-refractivity contribution in [2.24, 2.45) is 22.9 Å². The minimum Gasteiger partial charge on any atom is -0.492 e. The van der Waals surface area contributed by atoms with Crippen LogP contribution in [0.25, 0.3) is 0 Å². The van der Waals surface area contributed by atoms with Crippen molar-refractivity contribution in [3.8, 4) is 11.5 Å². The molecule has 0 radical (unpaired) electrons. The van der Waals surface area contributed by atoms with Crippen molar-refractivity contribution in [3.05, 3.63) is 83.7 Å². The normalized spacial score (nSPS) is 24.1. The zero-order valence-electron chi connectivity index (χ0n) is 40.1. The molecule has 4 aliphatic rings. The van der Waals surface area contributed by atoms with Gasteiger partial charge < -0.3 is 34.2 Å². The number of nitrogens with zero attached hydrogens (tertiary/aromatic N) is 3. The van der Waals surface area contributed by atoms with Crippen LogP contribution >= 0.6 is 0 Å². The van der Waals surface area contributed by atoms with Crippen LogP contribution in [0.4, 0.5) is 4.39 Å². The molecule has 11 heteroatoms. The Morgan fingerprint density at radius 2 is 1.65 bits per heavy atom. The van der Waals surface area contributed by atoms with Crippen molar-refractivity contribution >= 4 is 11.6 Å². The molecule has 0 bridgehead atoms. The molecule has 2 heterocycles. The van der Waals surface area contributed by atoms with Crippen LogP contribution in [-0.4, -0.2) is 95.1 Å². The van der Waals surface area contributed by atoms with E-state index in [0.717, 1.165) is 92.7 Å². The molecule has 6 rings (SSSR count). The molecule has 6 atom stereocenters. The number of allylic oxidation sites excluding steroid dienone is 1. The third-order valence-electron chi connectivity index (χ3n) is 13.7. The first-order valence-electron chi connectivity index (χ1n) is 25.2. The standard InChI is InChI=1S/C54H80FN3O7/c1-6-8-9-10-11-12-13-14-15-22-50(61)58(39-40-23-25-42(55)26-24-40)49-38-47(56-65-53(3,4)5)45-36-41(20-16-18-32-59)44(21-17-19-33-60)51-46-37-43(62-35-31-57-29-30-57)27-28-48(46)64-54(49,52(45)51)63-34-7-2/h7,23-28,36-37,41,44,49,51-52,59-60H,2,6,8-22,29-35,38-39H2,1,3-5H3/t41-,44+,49-,51+,52+,54+/m0/s1. The van der Waals surface area contributed by atoms with Crippen molar-refractivity contribution in [2.75, 3.05) is 46.1 Å². The number of aliphatic hydroxyl groups excluding tert-OH is 2. The first kappa shape index (κ1) is 50.6. The lowest BCUT2D eigenvalue weighted by Gasteiger charge is -2.60. The summed E-state index contributed by atoms with van der Waals surface area (Å²) in [6, 6.07) is 11.9. The van der Waals surface area contributed by atoms with E-state index in [-0.39, 0.29) is 55.8 Å². The van der Waals surface area contributed by atoms with Crippen LogP contribution in [0.5, 0.6) is 11.5 Å². The number of halogens is 1. The molecule has 2 fully saturated rings. The van der Waals surface area contributed by atoms with E-state index < -0.39 is 23.3 Å². The molecule has 0 spiro atoms. The van der Waals surface area contributed by atoms with E-state index in [1.54, 1.807) is 18.2 Å². The third kappa shape index (κ3) is 13.9. The average molecular weight is 902 g/mol. The highest BCUT2D eigenvalue weighted by atomic mass is 19.1. The Bertz CT molecular complexity index is 1860. The molecule has 0 unspecified atom stereocenters. The number of carbonyl (C=O) groups excluding carboxylic acids is 1. The number of aliphatic hydroxyl groups is 2. The van der Waals surface area contributed by atoms with Crippen LogP contribution in [0.1, 0.15) is 154 Å². The van der Waals surface area contributed by atoms with E-state index in [0.29, 0.717) is 38.0 Å². The third-order valence-corrected chi connectivity index (χ3v) is 13.7. The van der Waals surface area contributed by atoms with Crippen LogP contribution in [0.2, 0.25) is 0 Å².